The zero-order chi connectivity index (χ0) is 11.7. The Morgan fingerprint density at radius 3 is 2.69 bits per heavy atom. The number of hydrogen-bond acceptors (Lipinski definition) is 3. The minimum Gasteiger partial charge on any atom is -0.441 e. The summed E-state index contributed by atoms with van der Waals surface area (Å²) < 4.78 is 5.44. The molecule has 0 amide bonds. The fourth-order valence-corrected chi connectivity index (χ4v) is 1.56. The van der Waals surface area contributed by atoms with Gasteiger partial charge in [-0.05, 0) is 31.0 Å². The molecule has 1 aromatic heterocycles. The maximum atomic E-state index is 5.44. The van der Waals surface area contributed by atoms with Gasteiger partial charge in [-0.2, -0.15) is 0 Å². The second-order valence-electron chi connectivity index (χ2n) is 4.59. The van der Waals surface area contributed by atoms with Crippen LogP contribution in [0, 0.1) is 12.8 Å². The van der Waals surface area contributed by atoms with E-state index in [1.54, 1.807) is 0 Å². The molecule has 0 spiro atoms. The van der Waals surface area contributed by atoms with Crippen molar-refractivity contribution in [1.82, 2.24) is 4.98 Å². The molecule has 0 bridgehead atoms. The van der Waals surface area contributed by atoms with Crippen molar-refractivity contribution in [2.24, 2.45) is 5.92 Å². The highest BCUT2D eigenvalue weighted by atomic mass is 16.3. The van der Waals surface area contributed by atoms with E-state index in [9.17, 15) is 0 Å². The maximum Gasteiger partial charge on any atom is 0.192 e. The smallest absolute Gasteiger partial charge is 0.192 e. The van der Waals surface area contributed by atoms with E-state index in [-0.39, 0.29) is 0 Å². The number of nitrogens with zero attached hydrogens (tertiary/aromatic N) is 1. The lowest BCUT2D eigenvalue weighted by atomic mass is 10.1. The minimum absolute atomic E-state index is 0.449. The van der Waals surface area contributed by atoms with Gasteiger partial charge in [-0.25, -0.2) is 4.98 Å². The van der Waals surface area contributed by atoms with Gasteiger partial charge in [-0.1, -0.05) is 13.8 Å². The van der Waals surface area contributed by atoms with Crippen molar-refractivity contribution in [3.8, 4) is 0 Å². The number of nitrogens with one attached hydrogen (secondary N) is 1. The molecule has 3 nitrogen and oxygen atoms in total. The third-order valence-corrected chi connectivity index (χ3v) is 2.89. The van der Waals surface area contributed by atoms with Crippen molar-refractivity contribution in [2.75, 3.05) is 5.32 Å². The zero-order valence-electron chi connectivity index (χ0n) is 10.2. The Morgan fingerprint density at radius 1 is 1.25 bits per heavy atom. The van der Waals surface area contributed by atoms with E-state index in [1.165, 1.54) is 0 Å². The molecule has 1 unspecified atom stereocenters. The summed E-state index contributed by atoms with van der Waals surface area (Å²) in [4.78, 5) is 4.32. The van der Waals surface area contributed by atoms with Gasteiger partial charge in [-0.3, -0.25) is 0 Å². The van der Waals surface area contributed by atoms with Crippen LogP contribution in [0.25, 0.3) is 11.1 Å². The first kappa shape index (κ1) is 11.0. The van der Waals surface area contributed by atoms with Gasteiger partial charge < -0.3 is 9.73 Å². The van der Waals surface area contributed by atoms with Crippen LogP contribution in [0.5, 0.6) is 0 Å². The van der Waals surface area contributed by atoms with Gasteiger partial charge in [0.05, 0.1) is 0 Å². The van der Waals surface area contributed by atoms with Crippen LogP contribution in [-0.4, -0.2) is 11.0 Å². The zero-order valence-corrected chi connectivity index (χ0v) is 10.2. The summed E-state index contributed by atoms with van der Waals surface area (Å²) in [5.41, 5.74) is 2.86. The minimum atomic E-state index is 0.449. The lowest BCUT2D eigenvalue weighted by Crippen LogP contribution is -2.21. The number of oxazole rings is 1. The summed E-state index contributed by atoms with van der Waals surface area (Å²) >= 11 is 0. The molecule has 0 aliphatic rings. The fourth-order valence-electron chi connectivity index (χ4n) is 1.56. The Kier molecular flexibility index (Phi) is 2.86. The predicted molar refractivity (Wildman–Crippen MR) is 66.7 cm³/mol. The number of rotatable bonds is 3. The molecule has 3 heteroatoms. The summed E-state index contributed by atoms with van der Waals surface area (Å²) in [6, 6.07) is 6.48. The molecule has 0 aliphatic carbocycles. The lowest BCUT2D eigenvalue weighted by molar-refractivity contribution is 0.559. The first-order chi connectivity index (χ1) is 7.56. The molecule has 86 valence electrons. The summed E-state index contributed by atoms with van der Waals surface area (Å²) in [6.07, 6.45) is 0. The van der Waals surface area contributed by atoms with Crippen LogP contribution in [-0.2, 0) is 0 Å². The molecular formula is C13H18N2O. The molecule has 0 aliphatic heterocycles. The van der Waals surface area contributed by atoms with Gasteiger partial charge in [0.1, 0.15) is 5.52 Å². The summed E-state index contributed by atoms with van der Waals surface area (Å²) in [5, 5.41) is 3.46. The molecule has 0 radical (unpaired) electrons. The highest BCUT2D eigenvalue weighted by Gasteiger charge is 2.08. The Hall–Kier alpha value is -1.51. The first-order valence-electron chi connectivity index (χ1n) is 5.70. The van der Waals surface area contributed by atoms with Crippen LogP contribution in [0.3, 0.4) is 0 Å². The topological polar surface area (TPSA) is 38.1 Å². The number of anilines is 1. The van der Waals surface area contributed by atoms with Crippen LogP contribution in [0.15, 0.2) is 22.6 Å². The van der Waals surface area contributed by atoms with Gasteiger partial charge in [0, 0.05) is 18.7 Å². The molecule has 16 heavy (non-hydrogen) atoms. The van der Waals surface area contributed by atoms with Crippen molar-refractivity contribution in [3.63, 3.8) is 0 Å². The SMILES string of the molecule is Cc1nc2cc(NC(C)C(C)C)ccc2o1. The average Bonchev–Trinajstić information content (AvgIpc) is 2.57. The van der Waals surface area contributed by atoms with E-state index in [2.05, 4.69) is 31.1 Å². The van der Waals surface area contributed by atoms with Gasteiger partial charge in [0.25, 0.3) is 0 Å². The molecule has 0 fully saturated rings. The predicted octanol–water partition coefficient (Wildman–Crippen LogP) is 3.59. The molecule has 1 heterocycles. The van der Waals surface area contributed by atoms with Crippen LogP contribution in [0.2, 0.25) is 0 Å². The molecule has 1 aromatic carbocycles. The molecule has 2 aromatic rings. The van der Waals surface area contributed by atoms with Crippen molar-refractivity contribution in [3.05, 3.63) is 24.1 Å². The number of hydrogen-bond donors (Lipinski definition) is 1. The van der Waals surface area contributed by atoms with E-state index in [1.807, 2.05) is 25.1 Å². The van der Waals surface area contributed by atoms with Crippen molar-refractivity contribution in [1.29, 1.82) is 0 Å². The van der Waals surface area contributed by atoms with Crippen molar-refractivity contribution < 1.29 is 4.42 Å². The van der Waals surface area contributed by atoms with Gasteiger partial charge in [-0.15, -0.1) is 0 Å². The highest BCUT2D eigenvalue weighted by molar-refractivity contribution is 5.77. The van der Waals surface area contributed by atoms with E-state index in [4.69, 9.17) is 4.42 Å². The van der Waals surface area contributed by atoms with Crippen molar-refractivity contribution >= 4 is 16.8 Å². The highest BCUT2D eigenvalue weighted by Crippen LogP contribution is 2.21. The number of benzene rings is 1. The van der Waals surface area contributed by atoms with Gasteiger partial charge in [0.15, 0.2) is 11.5 Å². The third kappa shape index (κ3) is 2.18. The molecule has 0 saturated heterocycles. The fraction of sp³-hybridized carbons (Fsp3) is 0.462. The van der Waals surface area contributed by atoms with E-state index < -0.39 is 0 Å². The average molecular weight is 218 g/mol. The van der Waals surface area contributed by atoms with E-state index in [0.29, 0.717) is 17.9 Å². The number of aromatic nitrogens is 1. The molecule has 2 rings (SSSR count). The van der Waals surface area contributed by atoms with Gasteiger partial charge >= 0.3 is 0 Å². The normalized spacial score (nSPS) is 13.3. The maximum absolute atomic E-state index is 5.44. The van der Waals surface area contributed by atoms with E-state index in [0.717, 1.165) is 16.8 Å². The largest absolute Gasteiger partial charge is 0.441 e. The van der Waals surface area contributed by atoms with Crippen LogP contribution < -0.4 is 5.32 Å². The van der Waals surface area contributed by atoms with Crippen LogP contribution in [0.4, 0.5) is 5.69 Å². The third-order valence-electron chi connectivity index (χ3n) is 2.89. The summed E-state index contributed by atoms with van der Waals surface area (Å²) in [7, 11) is 0. The monoisotopic (exact) mass is 218 g/mol. The van der Waals surface area contributed by atoms with Crippen molar-refractivity contribution in [2.45, 2.75) is 33.7 Å². The second-order valence-corrected chi connectivity index (χ2v) is 4.59. The van der Waals surface area contributed by atoms with Crippen LogP contribution >= 0.6 is 0 Å². The standard InChI is InChI=1S/C13H18N2O/c1-8(2)9(3)14-11-5-6-13-12(7-11)15-10(4)16-13/h5-9,14H,1-4H3. The van der Waals surface area contributed by atoms with E-state index >= 15 is 0 Å². The Balaban J connectivity index is 2.25. The number of aryl methyl sites for hydroxylation is 1. The summed E-state index contributed by atoms with van der Waals surface area (Å²) in [6.45, 7) is 8.46. The Labute approximate surface area is 95.9 Å². The lowest BCUT2D eigenvalue weighted by Gasteiger charge is -2.18. The van der Waals surface area contributed by atoms with Crippen LogP contribution in [0.1, 0.15) is 26.7 Å². The Bertz CT molecular complexity index is 488. The Morgan fingerprint density at radius 2 is 2.00 bits per heavy atom. The summed E-state index contributed by atoms with van der Waals surface area (Å²) in [5.74, 6) is 1.32. The van der Waals surface area contributed by atoms with Gasteiger partial charge in [0.2, 0.25) is 0 Å². The quantitative estimate of drug-likeness (QED) is 0.855. The molecule has 1 N–H and O–H groups in total. The molecule has 0 saturated carbocycles. The first-order valence-corrected chi connectivity index (χ1v) is 5.70. The second kappa shape index (κ2) is 4.16. The molecular weight excluding hydrogens is 200 g/mol. The number of fused-ring (bicyclic) bond motifs is 1. The molecule has 1 atom stereocenters.